The maximum absolute atomic E-state index is 5.87. The van der Waals surface area contributed by atoms with Gasteiger partial charge in [-0.25, -0.2) is 15.0 Å². The van der Waals surface area contributed by atoms with Crippen molar-refractivity contribution in [2.45, 2.75) is 6.92 Å². The Morgan fingerprint density at radius 3 is 2.58 bits per heavy atom. The molecule has 0 aliphatic rings. The number of hydrogen-bond acceptors (Lipinski definition) is 4. The van der Waals surface area contributed by atoms with E-state index in [-0.39, 0.29) is 0 Å². The van der Waals surface area contributed by atoms with Crippen molar-refractivity contribution in [2.24, 2.45) is 0 Å². The van der Waals surface area contributed by atoms with Gasteiger partial charge in [0, 0.05) is 24.0 Å². The van der Waals surface area contributed by atoms with Crippen molar-refractivity contribution in [1.29, 1.82) is 0 Å². The zero-order chi connectivity index (χ0) is 13.2. The molecule has 3 aromatic rings. The van der Waals surface area contributed by atoms with Crippen LogP contribution < -0.4 is 5.73 Å². The van der Waals surface area contributed by atoms with E-state index in [9.17, 15) is 0 Å². The molecule has 3 rings (SSSR count). The lowest BCUT2D eigenvalue weighted by Crippen LogP contribution is -2.04. The lowest BCUT2D eigenvalue weighted by atomic mass is 10.2. The summed E-state index contributed by atoms with van der Waals surface area (Å²) in [7, 11) is 0. The van der Waals surface area contributed by atoms with Crippen molar-refractivity contribution in [3.05, 3.63) is 54.6 Å². The van der Waals surface area contributed by atoms with Crippen LogP contribution in [-0.4, -0.2) is 19.5 Å². The molecule has 5 nitrogen and oxygen atoms in total. The number of benzene rings is 1. The van der Waals surface area contributed by atoms with Crippen LogP contribution in [0.25, 0.3) is 17.2 Å². The fourth-order valence-corrected chi connectivity index (χ4v) is 1.91. The largest absolute Gasteiger partial charge is 0.384 e. The molecular weight excluding hydrogens is 238 g/mol. The van der Waals surface area contributed by atoms with Crippen LogP contribution in [-0.2, 0) is 0 Å². The van der Waals surface area contributed by atoms with Crippen molar-refractivity contribution in [3.63, 3.8) is 0 Å². The number of anilines is 1. The molecule has 2 aromatic heterocycles. The van der Waals surface area contributed by atoms with Crippen LogP contribution in [0.5, 0.6) is 0 Å². The van der Waals surface area contributed by atoms with Crippen LogP contribution in [0, 0.1) is 6.92 Å². The molecule has 1 aromatic carbocycles. The third-order valence-corrected chi connectivity index (χ3v) is 2.84. The second-order valence-corrected chi connectivity index (χ2v) is 4.19. The highest BCUT2D eigenvalue weighted by Gasteiger charge is 2.08. The van der Waals surface area contributed by atoms with Gasteiger partial charge in [-0.05, 0) is 6.92 Å². The molecule has 94 valence electrons. The Morgan fingerprint density at radius 1 is 1.11 bits per heavy atom. The summed E-state index contributed by atoms with van der Waals surface area (Å²) in [5.74, 6) is 2.64. The average molecular weight is 251 g/mol. The number of hydrogen-bond donors (Lipinski definition) is 1. The Hall–Kier alpha value is -2.69. The minimum absolute atomic E-state index is 0.442. The van der Waals surface area contributed by atoms with E-state index in [1.54, 1.807) is 12.3 Å². The SMILES string of the molecule is Cc1nccn1-c1cc(N)nc(-c2ccccc2)n1. The van der Waals surface area contributed by atoms with Crippen molar-refractivity contribution >= 4 is 5.82 Å². The van der Waals surface area contributed by atoms with Gasteiger partial charge in [0.1, 0.15) is 17.5 Å². The summed E-state index contributed by atoms with van der Waals surface area (Å²) in [6.45, 7) is 1.92. The first-order valence-electron chi connectivity index (χ1n) is 5.94. The van der Waals surface area contributed by atoms with Gasteiger partial charge >= 0.3 is 0 Å². The third-order valence-electron chi connectivity index (χ3n) is 2.84. The minimum Gasteiger partial charge on any atom is -0.384 e. The second kappa shape index (κ2) is 4.53. The van der Waals surface area contributed by atoms with Crippen molar-refractivity contribution in [2.75, 3.05) is 5.73 Å². The van der Waals surface area contributed by atoms with Gasteiger partial charge in [-0.15, -0.1) is 0 Å². The molecule has 0 fully saturated rings. The fourth-order valence-electron chi connectivity index (χ4n) is 1.91. The standard InChI is InChI=1S/C14H13N5/c1-10-16-7-8-19(10)13-9-12(15)17-14(18-13)11-5-3-2-4-6-11/h2-9H,1H3,(H2,15,17,18). The van der Waals surface area contributed by atoms with Crippen molar-refractivity contribution < 1.29 is 0 Å². The zero-order valence-corrected chi connectivity index (χ0v) is 10.5. The highest BCUT2D eigenvalue weighted by atomic mass is 15.1. The maximum Gasteiger partial charge on any atom is 0.163 e. The van der Waals surface area contributed by atoms with Crippen LogP contribution in [0.1, 0.15) is 5.82 Å². The Balaban J connectivity index is 2.14. The molecule has 0 unspecified atom stereocenters. The first-order valence-corrected chi connectivity index (χ1v) is 5.94. The number of aryl methyl sites for hydroxylation is 1. The van der Waals surface area contributed by atoms with Gasteiger partial charge in [0.25, 0.3) is 0 Å². The fraction of sp³-hybridized carbons (Fsp3) is 0.0714. The summed E-state index contributed by atoms with van der Waals surface area (Å²) in [4.78, 5) is 13.0. The van der Waals surface area contributed by atoms with E-state index >= 15 is 0 Å². The van der Waals surface area contributed by atoms with Gasteiger partial charge in [-0.3, -0.25) is 4.57 Å². The van der Waals surface area contributed by atoms with Crippen LogP contribution in [0.3, 0.4) is 0 Å². The van der Waals surface area contributed by atoms with Gasteiger partial charge in [0.15, 0.2) is 5.82 Å². The van der Waals surface area contributed by atoms with E-state index in [2.05, 4.69) is 15.0 Å². The molecule has 0 saturated heterocycles. The van der Waals surface area contributed by atoms with Crippen molar-refractivity contribution in [3.8, 4) is 17.2 Å². The molecule has 0 amide bonds. The second-order valence-electron chi connectivity index (χ2n) is 4.19. The molecule has 0 radical (unpaired) electrons. The molecule has 2 N–H and O–H groups in total. The van der Waals surface area contributed by atoms with Crippen LogP contribution >= 0.6 is 0 Å². The summed E-state index contributed by atoms with van der Waals surface area (Å²) in [6, 6.07) is 11.5. The highest BCUT2D eigenvalue weighted by molar-refractivity contribution is 5.58. The molecule has 2 heterocycles. The maximum atomic E-state index is 5.87. The molecule has 0 saturated carbocycles. The number of imidazole rings is 1. The summed E-state index contributed by atoms with van der Waals surface area (Å²) >= 11 is 0. The monoisotopic (exact) mass is 251 g/mol. The van der Waals surface area contributed by atoms with Gasteiger partial charge in [-0.1, -0.05) is 30.3 Å². The summed E-state index contributed by atoms with van der Waals surface area (Å²) < 4.78 is 1.88. The van der Waals surface area contributed by atoms with Crippen molar-refractivity contribution in [1.82, 2.24) is 19.5 Å². The first kappa shape index (κ1) is 11.4. The average Bonchev–Trinajstić information content (AvgIpc) is 2.85. The molecule has 0 atom stereocenters. The lowest BCUT2D eigenvalue weighted by Gasteiger charge is -2.07. The van der Waals surface area contributed by atoms with Crippen LogP contribution in [0.15, 0.2) is 48.8 Å². The Morgan fingerprint density at radius 2 is 1.89 bits per heavy atom. The number of rotatable bonds is 2. The molecule has 0 spiro atoms. The van der Waals surface area contributed by atoms with Crippen LogP contribution in [0.2, 0.25) is 0 Å². The molecule has 0 bridgehead atoms. The summed E-state index contributed by atoms with van der Waals surface area (Å²) in [6.07, 6.45) is 3.59. The van der Waals surface area contributed by atoms with E-state index in [1.807, 2.05) is 48.0 Å². The molecular formula is C14H13N5. The third kappa shape index (κ3) is 2.18. The zero-order valence-electron chi connectivity index (χ0n) is 10.5. The smallest absolute Gasteiger partial charge is 0.163 e. The van der Waals surface area contributed by atoms with Gasteiger partial charge < -0.3 is 5.73 Å². The molecule has 5 heteroatoms. The topological polar surface area (TPSA) is 69.6 Å². The first-order chi connectivity index (χ1) is 9.24. The Bertz CT molecular complexity index is 703. The van der Waals surface area contributed by atoms with Gasteiger partial charge in [0.05, 0.1) is 0 Å². The minimum atomic E-state index is 0.442. The van der Waals surface area contributed by atoms with E-state index in [0.29, 0.717) is 11.6 Å². The quantitative estimate of drug-likeness (QED) is 0.758. The number of nitrogens with two attached hydrogens (primary N) is 1. The molecule has 0 aliphatic carbocycles. The number of aromatic nitrogens is 4. The normalized spacial score (nSPS) is 10.6. The van der Waals surface area contributed by atoms with E-state index in [0.717, 1.165) is 17.2 Å². The molecule has 19 heavy (non-hydrogen) atoms. The van der Waals surface area contributed by atoms with E-state index in [1.165, 1.54) is 0 Å². The van der Waals surface area contributed by atoms with E-state index < -0.39 is 0 Å². The lowest BCUT2D eigenvalue weighted by molar-refractivity contribution is 0.925. The van der Waals surface area contributed by atoms with Gasteiger partial charge in [-0.2, -0.15) is 0 Å². The number of nitrogens with zero attached hydrogens (tertiary/aromatic N) is 4. The predicted octanol–water partition coefficient (Wildman–Crippen LogP) is 2.22. The number of nitrogen functional groups attached to an aromatic ring is 1. The predicted molar refractivity (Wildman–Crippen MR) is 73.7 cm³/mol. The van der Waals surface area contributed by atoms with Crippen LogP contribution in [0.4, 0.5) is 5.82 Å². The highest BCUT2D eigenvalue weighted by Crippen LogP contribution is 2.18. The summed E-state index contributed by atoms with van der Waals surface area (Å²) in [5, 5.41) is 0. The summed E-state index contributed by atoms with van der Waals surface area (Å²) in [5.41, 5.74) is 6.81. The Labute approximate surface area is 110 Å². The Kier molecular flexibility index (Phi) is 2.72. The van der Waals surface area contributed by atoms with Gasteiger partial charge in [0.2, 0.25) is 0 Å². The van der Waals surface area contributed by atoms with E-state index in [4.69, 9.17) is 5.73 Å². The molecule has 0 aliphatic heterocycles.